The van der Waals surface area contributed by atoms with Crippen LogP contribution in [0, 0.1) is 6.92 Å². The van der Waals surface area contributed by atoms with E-state index < -0.39 is 0 Å². The highest BCUT2D eigenvalue weighted by molar-refractivity contribution is 7.90. The average molecular weight is 584 g/mol. The molecule has 0 saturated heterocycles. The minimum Gasteiger partial charge on any atom is -0.496 e. The molecule has 1 amide bonds. The Hall–Kier alpha value is -3.14. The highest BCUT2D eigenvalue weighted by Gasteiger charge is 2.19. The van der Waals surface area contributed by atoms with Gasteiger partial charge in [0.05, 0.1) is 12.7 Å². The van der Waals surface area contributed by atoms with Gasteiger partial charge < -0.3 is 4.74 Å². The minimum absolute atomic E-state index is 0.123. The molecule has 0 spiro atoms. The van der Waals surface area contributed by atoms with E-state index in [1.807, 2.05) is 27.0 Å². The van der Waals surface area contributed by atoms with Crippen molar-refractivity contribution in [2.24, 2.45) is 4.36 Å². The molecule has 0 bridgehead atoms. The van der Waals surface area contributed by atoms with Crippen LogP contribution >= 0.6 is 22.9 Å². The lowest BCUT2D eigenvalue weighted by molar-refractivity contribution is 0.102. The minimum atomic E-state index is -0.328. The quantitative estimate of drug-likeness (QED) is 0.248. The van der Waals surface area contributed by atoms with E-state index in [1.165, 1.54) is 27.4 Å². The van der Waals surface area contributed by atoms with E-state index in [0.29, 0.717) is 32.6 Å². The topological polar surface area (TPSA) is 89.4 Å². The third kappa shape index (κ3) is 8.17. The highest BCUT2D eigenvalue weighted by atomic mass is 35.5. The fourth-order valence-electron chi connectivity index (χ4n) is 3.82. The molecular formula is C29H34ClN5O2S2. The summed E-state index contributed by atoms with van der Waals surface area (Å²) in [6, 6.07) is 7.15. The van der Waals surface area contributed by atoms with Crippen LogP contribution in [0.25, 0.3) is 11.1 Å². The van der Waals surface area contributed by atoms with Gasteiger partial charge in [-0.05, 0) is 76.3 Å². The van der Waals surface area contributed by atoms with E-state index >= 15 is 0 Å². The van der Waals surface area contributed by atoms with Crippen LogP contribution < -0.4 is 10.1 Å². The van der Waals surface area contributed by atoms with Gasteiger partial charge in [-0.1, -0.05) is 51.4 Å². The van der Waals surface area contributed by atoms with Gasteiger partial charge in [-0.3, -0.25) is 19.5 Å². The van der Waals surface area contributed by atoms with E-state index in [0.717, 1.165) is 23.5 Å². The second-order valence-electron chi connectivity index (χ2n) is 8.88. The number of pyridine rings is 1. The number of amides is 1. The first-order valence-corrected chi connectivity index (χ1v) is 15.2. The molecule has 0 aliphatic rings. The molecule has 0 aliphatic carbocycles. The zero-order valence-corrected chi connectivity index (χ0v) is 25.7. The number of hydrogen-bond acceptors (Lipinski definition) is 7. The lowest BCUT2D eigenvalue weighted by Crippen LogP contribution is -2.14. The molecule has 1 N–H and O–H groups in total. The number of rotatable bonds is 10. The maximum Gasteiger partial charge on any atom is 0.259 e. The van der Waals surface area contributed by atoms with Crippen molar-refractivity contribution in [2.45, 2.75) is 40.5 Å². The van der Waals surface area contributed by atoms with Gasteiger partial charge in [-0.25, -0.2) is 0 Å². The molecule has 10 heteroatoms. The lowest BCUT2D eigenvalue weighted by atomic mass is 9.99. The summed E-state index contributed by atoms with van der Waals surface area (Å²) in [6.45, 7) is 8.13. The molecule has 2 aromatic heterocycles. The van der Waals surface area contributed by atoms with Gasteiger partial charge in [-0.2, -0.15) is 0 Å². The molecule has 3 rings (SSSR count). The smallest absolute Gasteiger partial charge is 0.259 e. The maximum absolute atomic E-state index is 13.3. The molecule has 2 heterocycles. The predicted octanol–water partition coefficient (Wildman–Crippen LogP) is 7.61. The normalized spacial score (nSPS) is 12.6. The van der Waals surface area contributed by atoms with Crippen LogP contribution in [0.3, 0.4) is 0 Å². The number of ether oxygens (including phenoxy) is 1. The number of hydrogen-bond donors (Lipinski definition) is 1. The number of anilines is 1. The van der Waals surface area contributed by atoms with E-state index in [-0.39, 0.29) is 16.6 Å². The first kappa shape index (κ1) is 30.4. The summed E-state index contributed by atoms with van der Waals surface area (Å²) < 4.78 is 9.91. The van der Waals surface area contributed by atoms with Crippen molar-refractivity contribution >= 4 is 44.7 Å². The molecule has 0 unspecified atom stereocenters. The van der Waals surface area contributed by atoms with Gasteiger partial charge in [0.15, 0.2) is 0 Å². The van der Waals surface area contributed by atoms with Crippen molar-refractivity contribution < 1.29 is 9.53 Å². The number of nitrogens with zero attached hydrogens (tertiary/aromatic N) is 4. The Labute approximate surface area is 242 Å². The number of aryl methyl sites for hydroxylation is 2. The van der Waals surface area contributed by atoms with Crippen LogP contribution in [-0.2, 0) is 17.1 Å². The van der Waals surface area contributed by atoms with Crippen molar-refractivity contribution in [1.29, 1.82) is 0 Å². The molecule has 0 radical (unpaired) electrons. The average Bonchev–Trinajstić information content (AvgIpc) is 3.36. The number of methoxy groups -OCH3 is 1. The number of carbonyl (C=O) groups excluding carboxylic acids is 1. The second-order valence-corrected chi connectivity index (χ2v) is 12.2. The third-order valence-electron chi connectivity index (χ3n) is 6.02. The molecule has 0 saturated carbocycles. The summed E-state index contributed by atoms with van der Waals surface area (Å²) in [4.78, 5) is 18.9. The fraction of sp³-hybridized carbons (Fsp3) is 0.310. The fourth-order valence-corrected chi connectivity index (χ4v) is 5.54. The van der Waals surface area contributed by atoms with Crippen molar-refractivity contribution in [3.05, 3.63) is 86.0 Å². The number of benzene rings is 1. The van der Waals surface area contributed by atoms with E-state index in [2.05, 4.69) is 63.2 Å². The Morgan fingerprint density at radius 1 is 1.21 bits per heavy atom. The Morgan fingerprint density at radius 3 is 2.64 bits per heavy atom. The van der Waals surface area contributed by atoms with Crippen LogP contribution in [-0.4, -0.2) is 41.5 Å². The van der Waals surface area contributed by atoms with Gasteiger partial charge >= 0.3 is 0 Å². The number of aromatic nitrogens is 3. The molecule has 3 aromatic rings. The van der Waals surface area contributed by atoms with Gasteiger partial charge in [0.2, 0.25) is 5.13 Å². The van der Waals surface area contributed by atoms with Gasteiger partial charge in [0.1, 0.15) is 10.8 Å². The third-order valence-corrected chi connectivity index (χ3v) is 8.76. The molecule has 39 heavy (non-hydrogen) atoms. The first-order chi connectivity index (χ1) is 18.7. The van der Waals surface area contributed by atoms with Gasteiger partial charge in [0.25, 0.3) is 5.91 Å². The van der Waals surface area contributed by atoms with Gasteiger partial charge in [0, 0.05) is 46.4 Å². The van der Waals surface area contributed by atoms with Crippen molar-refractivity contribution in [3.8, 4) is 16.9 Å². The lowest BCUT2D eigenvalue weighted by Gasteiger charge is -2.13. The zero-order chi connectivity index (χ0) is 28.5. The Bertz CT molecular complexity index is 1470. The van der Waals surface area contributed by atoms with Crippen LogP contribution in [0.4, 0.5) is 5.13 Å². The second kappa shape index (κ2) is 14.3. The molecule has 0 aliphatic heterocycles. The first-order valence-electron chi connectivity index (χ1n) is 12.4. The van der Waals surface area contributed by atoms with Crippen LogP contribution in [0.2, 0.25) is 5.02 Å². The van der Waals surface area contributed by atoms with E-state index in [4.69, 9.17) is 16.3 Å². The molecule has 1 aromatic carbocycles. The standard InChI is InChI=1S/C29H34ClN5O2S2/c1-8-22(39(7)31-5)12-9-20(18(2)3)10-14-27-34-35-29(38-27)33-28(36)25-17-32-19(4)15-23(25)24-16-21(30)11-13-26(24)37-6/h8-9,11-13,15-17H,10,14H2,1-7H3,(H,33,35,36)/b12-9-,22-8+/t39-/m0/s1. The number of carbonyl (C=O) groups is 1. The molecule has 206 valence electrons. The Kier molecular flexibility index (Phi) is 11.2. The van der Waals surface area contributed by atoms with E-state index in [1.54, 1.807) is 31.5 Å². The van der Waals surface area contributed by atoms with Crippen molar-refractivity contribution in [2.75, 3.05) is 25.7 Å². The molecule has 7 nitrogen and oxygen atoms in total. The molecular weight excluding hydrogens is 550 g/mol. The van der Waals surface area contributed by atoms with Crippen molar-refractivity contribution in [3.63, 3.8) is 0 Å². The largest absolute Gasteiger partial charge is 0.496 e. The van der Waals surface area contributed by atoms with Crippen LogP contribution in [0.15, 0.2) is 69.1 Å². The number of nitrogens with one attached hydrogen (secondary N) is 1. The number of halogens is 1. The van der Waals surface area contributed by atoms with E-state index in [9.17, 15) is 4.79 Å². The van der Waals surface area contributed by atoms with Crippen LogP contribution in [0.5, 0.6) is 5.75 Å². The monoisotopic (exact) mass is 583 g/mol. The molecule has 1 atom stereocenters. The van der Waals surface area contributed by atoms with Crippen LogP contribution in [0.1, 0.15) is 48.3 Å². The van der Waals surface area contributed by atoms with Crippen molar-refractivity contribution in [1.82, 2.24) is 15.2 Å². The van der Waals surface area contributed by atoms with Gasteiger partial charge in [-0.15, -0.1) is 10.2 Å². The SMILES string of the molecule is C/C=C(\C=C/C(CCc1nnc(NC(=O)c2cnc(C)cc2-c2cc(Cl)ccc2OC)s1)=C(C)C)[S@](C)=NC. The summed E-state index contributed by atoms with van der Waals surface area (Å²) in [7, 11) is 3.31. The summed E-state index contributed by atoms with van der Waals surface area (Å²) in [5.74, 6) is 0.285. The summed E-state index contributed by atoms with van der Waals surface area (Å²) >= 11 is 7.63. The summed E-state index contributed by atoms with van der Waals surface area (Å²) in [5, 5.41) is 13.2. The zero-order valence-electron chi connectivity index (χ0n) is 23.3. The summed E-state index contributed by atoms with van der Waals surface area (Å²) in [5.41, 5.74) is 5.05. The predicted molar refractivity (Wildman–Crippen MR) is 165 cm³/mol. The Morgan fingerprint density at radius 2 is 1.97 bits per heavy atom. The maximum atomic E-state index is 13.3. The Balaban J connectivity index is 1.76. The highest BCUT2D eigenvalue weighted by Crippen LogP contribution is 2.35. The molecule has 0 fully saturated rings. The number of allylic oxidation sites excluding steroid dienone is 5. The summed E-state index contributed by atoms with van der Waals surface area (Å²) in [6.07, 6.45) is 11.6.